The Labute approximate surface area is 278 Å². The summed E-state index contributed by atoms with van der Waals surface area (Å²) in [6.07, 6.45) is 40.6. The highest BCUT2D eigenvalue weighted by Crippen LogP contribution is 2.18. The SMILES string of the molecule is CCCCCCCCCCCCCCCCN(CCCCCCCCCCCCCCCC)C(C)[n+]1c(C)cc(C)cc1C. The predicted molar refractivity (Wildman–Crippen MR) is 198 cm³/mol. The first kappa shape index (κ1) is 41.1. The number of nitrogens with zero attached hydrogens (tertiary/aromatic N) is 2. The number of pyridine rings is 1. The van der Waals surface area contributed by atoms with E-state index in [1.54, 1.807) is 0 Å². The highest BCUT2D eigenvalue weighted by molar-refractivity contribution is 5.13. The molecule has 0 bridgehead atoms. The number of aromatic nitrogens is 1. The molecule has 0 radical (unpaired) electrons. The van der Waals surface area contributed by atoms with Gasteiger partial charge in [0.05, 0.1) is 0 Å². The summed E-state index contributed by atoms with van der Waals surface area (Å²) in [6, 6.07) is 4.72. The van der Waals surface area contributed by atoms with Crippen LogP contribution in [0.5, 0.6) is 0 Å². The number of rotatable bonds is 32. The van der Waals surface area contributed by atoms with E-state index in [2.05, 4.69) is 63.1 Å². The van der Waals surface area contributed by atoms with E-state index in [1.165, 1.54) is 210 Å². The Morgan fingerprint density at radius 2 is 0.682 bits per heavy atom. The molecule has 1 heterocycles. The number of hydrogen-bond acceptors (Lipinski definition) is 1. The lowest BCUT2D eigenvalue weighted by Crippen LogP contribution is -2.52. The largest absolute Gasteiger partial charge is 0.246 e. The smallest absolute Gasteiger partial charge is 0.212 e. The zero-order valence-electron chi connectivity index (χ0n) is 31.3. The molecule has 1 unspecified atom stereocenters. The van der Waals surface area contributed by atoms with E-state index in [4.69, 9.17) is 0 Å². The molecule has 2 nitrogen and oxygen atoms in total. The van der Waals surface area contributed by atoms with Gasteiger partial charge in [0.1, 0.15) is 0 Å². The van der Waals surface area contributed by atoms with Crippen LogP contribution in [0.3, 0.4) is 0 Å². The van der Waals surface area contributed by atoms with Gasteiger partial charge in [0.25, 0.3) is 0 Å². The van der Waals surface area contributed by atoms with Gasteiger partial charge in [-0.05, 0) is 25.3 Å². The molecule has 1 rings (SSSR count). The normalized spacial score (nSPS) is 12.4. The third-order valence-electron chi connectivity index (χ3n) is 10.1. The summed E-state index contributed by atoms with van der Waals surface area (Å²) in [5.74, 6) is 0. The van der Waals surface area contributed by atoms with Crippen LogP contribution < -0.4 is 4.57 Å². The maximum Gasteiger partial charge on any atom is 0.212 e. The Hall–Kier alpha value is -0.890. The summed E-state index contributed by atoms with van der Waals surface area (Å²) < 4.78 is 2.58. The number of unbranched alkanes of at least 4 members (excludes halogenated alkanes) is 26. The van der Waals surface area contributed by atoms with E-state index in [-0.39, 0.29) is 0 Å². The van der Waals surface area contributed by atoms with Crippen LogP contribution in [0.1, 0.15) is 224 Å². The Morgan fingerprint density at radius 1 is 0.432 bits per heavy atom. The van der Waals surface area contributed by atoms with Crippen LogP contribution in [0.4, 0.5) is 0 Å². The third kappa shape index (κ3) is 21.8. The van der Waals surface area contributed by atoms with Gasteiger partial charge in [-0.2, -0.15) is 4.57 Å². The topological polar surface area (TPSA) is 7.12 Å². The fourth-order valence-electron chi connectivity index (χ4n) is 7.37. The van der Waals surface area contributed by atoms with Crippen LogP contribution >= 0.6 is 0 Å². The molecule has 2 heteroatoms. The van der Waals surface area contributed by atoms with Gasteiger partial charge in [-0.3, -0.25) is 0 Å². The van der Waals surface area contributed by atoms with Gasteiger partial charge < -0.3 is 0 Å². The van der Waals surface area contributed by atoms with Crippen molar-refractivity contribution in [3.8, 4) is 0 Å². The predicted octanol–water partition coefficient (Wildman–Crippen LogP) is 13.7. The molecule has 258 valence electrons. The second-order valence-corrected chi connectivity index (χ2v) is 14.5. The molecule has 0 saturated heterocycles. The van der Waals surface area contributed by atoms with Crippen molar-refractivity contribution in [1.82, 2.24) is 4.90 Å². The molecule has 1 aromatic rings. The highest BCUT2D eigenvalue weighted by atomic mass is 15.3. The summed E-state index contributed by atoms with van der Waals surface area (Å²) in [5, 5.41) is 0. The number of hydrogen-bond donors (Lipinski definition) is 0. The van der Waals surface area contributed by atoms with Crippen LogP contribution in [0, 0.1) is 20.8 Å². The lowest BCUT2D eigenvalue weighted by atomic mass is 10.0. The molecule has 0 amide bonds. The fourth-order valence-corrected chi connectivity index (χ4v) is 7.37. The van der Waals surface area contributed by atoms with Crippen molar-refractivity contribution in [2.75, 3.05) is 13.1 Å². The maximum atomic E-state index is 2.80. The molecule has 0 aliphatic heterocycles. The Bertz CT molecular complexity index is 701. The van der Waals surface area contributed by atoms with Crippen LogP contribution in [0.25, 0.3) is 0 Å². The molecule has 1 aromatic heterocycles. The molecular weight excluding hydrogens is 532 g/mol. The molecule has 0 aromatic carbocycles. The van der Waals surface area contributed by atoms with E-state index in [0.29, 0.717) is 6.17 Å². The van der Waals surface area contributed by atoms with Crippen molar-refractivity contribution in [2.45, 2.75) is 227 Å². The maximum absolute atomic E-state index is 2.80. The van der Waals surface area contributed by atoms with Crippen molar-refractivity contribution in [1.29, 1.82) is 0 Å². The van der Waals surface area contributed by atoms with Gasteiger partial charge in [-0.25, -0.2) is 4.90 Å². The molecule has 0 spiro atoms. The van der Waals surface area contributed by atoms with Crippen LogP contribution in [-0.4, -0.2) is 18.0 Å². The van der Waals surface area contributed by atoms with Crippen molar-refractivity contribution < 1.29 is 4.57 Å². The zero-order valence-corrected chi connectivity index (χ0v) is 31.3. The monoisotopic (exact) mass is 614 g/mol. The van der Waals surface area contributed by atoms with E-state index >= 15 is 0 Å². The van der Waals surface area contributed by atoms with E-state index in [9.17, 15) is 0 Å². The average Bonchev–Trinajstić information content (AvgIpc) is 2.99. The second-order valence-electron chi connectivity index (χ2n) is 14.5. The number of aryl methyl sites for hydroxylation is 3. The molecule has 0 aliphatic rings. The van der Waals surface area contributed by atoms with Gasteiger partial charge in [-0.15, -0.1) is 0 Å². The first-order chi connectivity index (χ1) is 21.5. The third-order valence-corrected chi connectivity index (χ3v) is 10.1. The summed E-state index contributed by atoms with van der Waals surface area (Å²) in [5.41, 5.74) is 4.19. The molecule has 0 fully saturated rings. The minimum absolute atomic E-state index is 0.444. The summed E-state index contributed by atoms with van der Waals surface area (Å²) in [7, 11) is 0. The zero-order chi connectivity index (χ0) is 32.1. The quantitative estimate of drug-likeness (QED) is 0.0579. The summed E-state index contributed by atoms with van der Waals surface area (Å²) >= 11 is 0. The van der Waals surface area contributed by atoms with Crippen molar-refractivity contribution in [2.24, 2.45) is 0 Å². The summed E-state index contributed by atoms with van der Waals surface area (Å²) in [6.45, 7) is 16.4. The lowest BCUT2D eigenvalue weighted by molar-refractivity contribution is -0.750. The van der Waals surface area contributed by atoms with Crippen LogP contribution in [0.15, 0.2) is 12.1 Å². The summed E-state index contributed by atoms with van der Waals surface area (Å²) in [4.78, 5) is 2.80. The Balaban J connectivity index is 2.27. The van der Waals surface area contributed by atoms with Crippen LogP contribution in [0.2, 0.25) is 0 Å². The van der Waals surface area contributed by atoms with Crippen molar-refractivity contribution >= 4 is 0 Å². The lowest BCUT2D eigenvalue weighted by Gasteiger charge is -2.27. The van der Waals surface area contributed by atoms with Crippen molar-refractivity contribution in [3.05, 3.63) is 29.1 Å². The van der Waals surface area contributed by atoms with Gasteiger partial charge in [0, 0.05) is 46.0 Å². The van der Waals surface area contributed by atoms with E-state index in [1.807, 2.05) is 0 Å². The molecule has 44 heavy (non-hydrogen) atoms. The van der Waals surface area contributed by atoms with Gasteiger partial charge >= 0.3 is 0 Å². The fraction of sp³-hybridized carbons (Fsp3) is 0.881. The van der Waals surface area contributed by atoms with Gasteiger partial charge in [0.2, 0.25) is 6.17 Å². The Kier molecular flexibility index (Phi) is 27.6. The minimum atomic E-state index is 0.444. The first-order valence-corrected chi connectivity index (χ1v) is 20.2. The average molecular weight is 614 g/mol. The standard InChI is InChI=1S/C42H81N2/c1-7-9-11-13-15-17-19-21-23-25-27-29-31-33-35-43(42(6)44-40(4)37-39(3)38-41(44)5)36-34-32-30-28-26-24-22-20-18-16-14-12-10-8-2/h37-38,42H,7-36H2,1-6H3/q+1. The Morgan fingerprint density at radius 3 is 0.955 bits per heavy atom. The van der Waals surface area contributed by atoms with E-state index < -0.39 is 0 Å². The first-order valence-electron chi connectivity index (χ1n) is 20.2. The van der Waals surface area contributed by atoms with Gasteiger partial charge in [0.15, 0.2) is 11.4 Å². The highest BCUT2D eigenvalue weighted by Gasteiger charge is 2.25. The molecule has 0 N–H and O–H groups in total. The van der Waals surface area contributed by atoms with Crippen molar-refractivity contribution in [3.63, 3.8) is 0 Å². The second kappa shape index (κ2) is 29.5. The molecule has 0 saturated carbocycles. The van der Waals surface area contributed by atoms with Gasteiger partial charge in [-0.1, -0.05) is 181 Å². The minimum Gasteiger partial charge on any atom is -0.246 e. The molecular formula is C42H81N2+. The van der Waals surface area contributed by atoms with E-state index in [0.717, 1.165) is 0 Å². The van der Waals surface area contributed by atoms with Crippen LogP contribution in [-0.2, 0) is 0 Å². The molecule has 1 atom stereocenters. The molecule has 0 aliphatic carbocycles.